The number of nitrogens with one attached hydrogen (secondary N) is 1. The summed E-state index contributed by atoms with van der Waals surface area (Å²) in [5.41, 5.74) is 1.95. The molecule has 0 bridgehead atoms. The first-order valence-electron chi connectivity index (χ1n) is 9.16. The predicted molar refractivity (Wildman–Crippen MR) is 107 cm³/mol. The van der Waals surface area contributed by atoms with E-state index < -0.39 is 17.8 Å². The Balaban J connectivity index is 1.99. The first-order chi connectivity index (χ1) is 13.4. The van der Waals surface area contributed by atoms with Crippen LogP contribution < -0.4 is 15.0 Å². The molecule has 3 rings (SSSR count). The summed E-state index contributed by atoms with van der Waals surface area (Å²) in [6.45, 7) is 5.80. The number of amides is 4. The number of imide groups is 2. The number of rotatable bonds is 5. The van der Waals surface area contributed by atoms with E-state index >= 15 is 0 Å². The number of aryl methyl sites for hydroxylation is 1. The van der Waals surface area contributed by atoms with Gasteiger partial charge in [0.25, 0.3) is 11.8 Å². The van der Waals surface area contributed by atoms with Gasteiger partial charge in [-0.1, -0.05) is 37.3 Å². The van der Waals surface area contributed by atoms with Gasteiger partial charge in [0.2, 0.25) is 0 Å². The Labute approximate surface area is 163 Å². The number of hydrogen-bond acceptors (Lipinski definition) is 4. The van der Waals surface area contributed by atoms with Crippen LogP contribution in [0.1, 0.15) is 31.9 Å². The van der Waals surface area contributed by atoms with Gasteiger partial charge in [-0.05, 0) is 50.1 Å². The van der Waals surface area contributed by atoms with E-state index in [9.17, 15) is 14.4 Å². The Bertz CT molecular complexity index is 945. The molecule has 6 heteroatoms. The summed E-state index contributed by atoms with van der Waals surface area (Å²) in [5.74, 6) is -0.838. The summed E-state index contributed by atoms with van der Waals surface area (Å²) in [7, 11) is 0. The fraction of sp³-hybridized carbons (Fsp3) is 0.227. The molecule has 144 valence electrons. The topological polar surface area (TPSA) is 75.7 Å². The highest BCUT2D eigenvalue weighted by molar-refractivity contribution is 6.39. The molecule has 1 fully saturated rings. The molecule has 2 aromatic carbocycles. The Hall–Kier alpha value is -3.41. The zero-order valence-corrected chi connectivity index (χ0v) is 16.1. The number of benzene rings is 2. The molecule has 1 aliphatic rings. The van der Waals surface area contributed by atoms with Crippen LogP contribution in [0.3, 0.4) is 0 Å². The van der Waals surface area contributed by atoms with Crippen LogP contribution in [-0.4, -0.2) is 23.9 Å². The van der Waals surface area contributed by atoms with Crippen molar-refractivity contribution in [2.24, 2.45) is 0 Å². The van der Waals surface area contributed by atoms with E-state index in [1.807, 2.05) is 39.0 Å². The maximum absolute atomic E-state index is 13.0. The number of barbiturate groups is 1. The predicted octanol–water partition coefficient (Wildman–Crippen LogP) is 3.70. The molecule has 0 unspecified atom stereocenters. The Morgan fingerprint density at radius 2 is 1.71 bits per heavy atom. The van der Waals surface area contributed by atoms with E-state index in [1.165, 1.54) is 6.08 Å². The maximum atomic E-state index is 13.0. The zero-order chi connectivity index (χ0) is 20.3. The van der Waals surface area contributed by atoms with Gasteiger partial charge in [-0.15, -0.1) is 0 Å². The Kier molecular flexibility index (Phi) is 5.59. The van der Waals surface area contributed by atoms with Gasteiger partial charge < -0.3 is 4.74 Å². The van der Waals surface area contributed by atoms with Crippen molar-refractivity contribution < 1.29 is 19.1 Å². The third kappa shape index (κ3) is 3.96. The van der Waals surface area contributed by atoms with Crippen molar-refractivity contribution in [1.29, 1.82) is 0 Å². The van der Waals surface area contributed by atoms with Gasteiger partial charge in [0.05, 0.1) is 11.8 Å². The number of hydrogen-bond donors (Lipinski definition) is 1. The van der Waals surface area contributed by atoms with Crippen molar-refractivity contribution in [2.45, 2.75) is 33.3 Å². The van der Waals surface area contributed by atoms with Gasteiger partial charge >= 0.3 is 6.03 Å². The SMILES string of the molecule is CCc1ccc(N2C(=O)NC(=O)/C(=C\c3ccccc3OC(C)C)C2=O)cc1. The van der Waals surface area contributed by atoms with Gasteiger partial charge in [-0.3, -0.25) is 14.9 Å². The van der Waals surface area contributed by atoms with Crippen LogP contribution in [-0.2, 0) is 16.0 Å². The quantitative estimate of drug-likeness (QED) is 0.636. The molecule has 0 radical (unpaired) electrons. The zero-order valence-electron chi connectivity index (χ0n) is 16.1. The number of nitrogens with zero attached hydrogens (tertiary/aromatic N) is 1. The molecule has 0 atom stereocenters. The molecule has 0 saturated carbocycles. The average molecular weight is 378 g/mol. The molecule has 1 aliphatic heterocycles. The second-order valence-electron chi connectivity index (χ2n) is 6.68. The highest BCUT2D eigenvalue weighted by Crippen LogP contribution is 2.26. The van der Waals surface area contributed by atoms with E-state index in [1.54, 1.807) is 30.3 Å². The summed E-state index contributed by atoms with van der Waals surface area (Å²) >= 11 is 0. The van der Waals surface area contributed by atoms with E-state index in [2.05, 4.69) is 5.32 Å². The molecule has 1 saturated heterocycles. The van der Waals surface area contributed by atoms with E-state index in [0.29, 0.717) is 17.0 Å². The van der Waals surface area contributed by atoms with Gasteiger partial charge in [0.15, 0.2) is 0 Å². The largest absolute Gasteiger partial charge is 0.490 e. The first-order valence-corrected chi connectivity index (χ1v) is 9.16. The third-order valence-corrected chi connectivity index (χ3v) is 4.29. The molecule has 4 amide bonds. The minimum Gasteiger partial charge on any atom is -0.490 e. The minimum absolute atomic E-state index is 0.0643. The van der Waals surface area contributed by atoms with E-state index in [0.717, 1.165) is 16.9 Å². The molecule has 2 aromatic rings. The highest BCUT2D eigenvalue weighted by atomic mass is 16.5. The number of carbonyl (C=O) groups is 3. The Morgan fingerprint density at radius 1 is 1.04 bits per heavy atom. The van der Waals surface area contributed by atoms with Crippen molar-refractivity contribution in [2.75, 3.05) is 4.90 Å². The van der Waals surface area contributed by atoms with E-state index in [-0.39, 0.29) is 11.7 Å². The van der Waals surface area contributed by atoms with Crippen LogP contribution in [0.25, 0.3) is 6.08 Å². The lowest BCUT2D eigenvalue weighted by Crippen LogP contribution is -2.54. The summed E-state index contributed by atoms with van der Waals surface area (Å²) in [6, 6.07) is 13.4. The molecular weight excluding hydrogens is 356 g/mol. The second-order valence-corrected chi connectivity index (χ2v) is 6.68. The van der Waals surface area contributed by atoms with Crippen molar-refractivity contribution in [1.82, 2.24) is 5.32 Å². The van der Waals surface area contributed by atoms with Gasteiger partial charge in [0.1, 0.15) is 11.3 Å². The normalized spacial score (nSPS) is 15.9. The Morgan fingerprint density at radius 3 is 2.36 bits per heavy atom. The summed E-state index contributed by atoms with van der Waals surface area (Å²) < 4.78 is 5.75. The molecule has 0 aromatic heterocycles. The molecule has 0 spiro atoms. The summed E-state index contributed by atoms with van der Waals surface area (Å²) in [4.78, 5) is 38.6. The van der Waals surface area contributed by atoms with Crippen LogP contribution in [0.2, 0.25) is 0 Å². The molecule has 6 nitrogen and oxygen atoms in total. The lowest BCUT2D eigenvalue weighted by molar-refractivity contribution is -0.122. The van der Waals surface area contributed by atoms with Crippen molar-refractivity contribution in [3.05, 3.63) is 65.2 Å². The number of carbonyl (C=O) groups excluding carboxylic acids is 3. The average Bonchev–Trinajstić information content (AvgIpc) is 2.66. The molecule has 1 N–H and O–H groups in total. The minimum atomic E-state index is -0.761. The molecule has 28 heavy (non-hydrogen) atoms. The van der Waals surface area contributed by atoms with Crippen LogP contribution in [0.5, 0.6) is 5.75 Å². The first kappa shape index (κ1) is 19.4. The lowest BCUT2D eigenvalue weighted by atomic mass is 10.1. The maximum Gasteiger partial charge on any atom is 0.335 e. The van der Waals surface area contributed by atoms with Crippen molar-refractivity contribution in [3.8, 4) is 5.75 Å². The van der Waals surface area contributed by atoms with E-state index in [4.69, 9.17) is 4.74 Å². The van der Waals surface area contributed by atoms with Gasteiger partial charge in [0, 0.05) is 5.56 Å². The third-order valence-electron chi connectivity index (χ3n) is 4.29. The van der Waals surface area contributed by atoms with Gasteiger partial charge in [-0.2, -0.15) is 0 Å². The van der Waals surface area contributed by atoms with Crippen LogP contribution in [0, 0.1) is 0 Å². The number of anilines is 1. The van der Waals surface area contributed by atoms with Crippen molar-refractivity contribution in [3.63, 3.8) is 0 Å². The number of para-hydroxylation sites is 1. The second kappa shape index (κ2) is 8.08. The number of ether oxygens (including phenoxy) is 1. The van der Waals surface area contributed by atoms with Crippen LogP contribution in [0.4, 0.5) is 10.5 Å². The molecule has 0 aliphatic carbocycles. The fourth-order valence-electron chi connectivity index (χ4n) is 2.89. The summed E-state index contributed by atoms with van der Waals surface area (Å²) in [5, 5.41) is 2.24. The highest BCUT2D eigenvalue weighted by Gasteiger charge is 2.36. The smallest absolute Gasteiger partial charge is 0.335 e. The molecule has 1 heterocycles. The fourth-order valence-corrected chi connectivity index (χ4v) is 2.89. The van der Waals surface area contributed by atoms with Crippen LogP contribution in [0.15, 0.2) is 54.1 Å². The standard InChI is InChI=1S/C22H22N2O4/c1-4-15-9-11-17(12-10-15)24-21(26)18(20(25)23-22(24)27)13-16-7-5-6-8-19(16)28-14(2)3/h5-14H,4H2,1-3H3,(H,23,25,27)/b18-13+. The van der Waals surface area contributed by atoms with Gasteiger partial charge in [-0.25, -0.2) is 9.69 Å². The molecular formula is C22H22N2O4. The summed E-state index contributed by atoms with van der Waals surface area (Å²) in [6.07, 6.45) is 2.23. The van der Waals surface area contributed by atoms with Crippen LogP contribution >= 0.6 is 0 Å². The monoisotopic (exact) mass is 378 g/mol. The number of urea groups is 1. The lowest BCUT2D eigenvalue weighted by Gasteiger charge is -2.26. The van der Waals surface area contributed by atoms with Crippen molar-refractivity contribution >= 4 is 29.6 Å².